The van der Waals surface area contributed by atoms with E-state index in [0.717, 1.165) is 22.6 Å². The summed E-state index contributed by atoms with van der Waals surface area (Å²) < 4.78 is 5.03. The first-order chi connectivity index (χ1) is 14.4. The van der Waals surface area contributed by atoms with Crippen LogP contribution in [0.2, 0.25) is 5.02 Å². The summed E-state index contributed by atoms with van der Waals surface area (Å²) in [4.78, 5) is 34.6. The Morgan fingerprint density at radius 2 is 1.90 bits per heavy atom. The summed E-state index contributed by atoms with van der Waals surface area (Å²) in [6, 6.07) is 6.78. The molecule has 1 aliphatic heterocycles. The van der Waals surface area contributed by atoms with E-state index in [9.17, 15) is 9.59 Å². The Morgan fingerprint density at radius 3 is 2.47 bits per heavy atom. The number of esters is 1. The van der Waals surface area contributed by atoms with Crippen molar-refractivity contribution in [3.05, 3.63) is 45.4 Å². The highest BCUT2D eigenvalue weighted by atomic mass is 35.5. The Balaban J connectivity index is 1.56. The van der Waals surface area contributed by atoms with E-state index in [4.69, 9.17) is 16.3 Å². The molecule has 162 valence electrons. The molecular weight excluding hydrogens is 424 g/mol. The number of ether oxygens (including phenoxy) is 1. The summed E-state index contributed by atoms with van der Waals surface area (Å²) in [6.07, 6.45) is 0.856. The number of carbonyl (C=O) groups excluding carboxylic acids is 2. The third kappa shape index (κ3) is 5.57. The normalized spacial score (nSPS) is 16.3. The standard InChI is InChI=1S/C21H27ClN4O3S/c1-4-17-14(2)30-21(23-17)24-18(27)13-25-9-11-26(12-10-25)19(20(28)29-3)15-5-7-16(22)8-6-15/h5-8,19H,4,9-13H2,1-3H3,(H,23,24,27). The van der Waals surface area contributed by atoms with Crippen LogP contribution in [0.15, 0.2) is 24.3 Å². The largest absolute Gasteiger partial charge is 0.468 e. The number of hydrogen-bond acceptors (Lipinski definition) is 7. The molecule has 1 fully saturated rings. The van der Waals surface area contributed by atoms with Crippen LogP contribution in [0.4, 0.5) is 5.13 Å². The van der Waals surface area contributed by atoms with Crippen molar-refractivity contribution in [3.63, 3.8) is 0 Å². The van der Waals surface area contributed by atoms with Gasteiger partial charge in [0.2, 0.25) is 5.91 Å². The van der Waals surface area contributed by atoms with Crippen LogP contribution in [0.1, 0.15) is 29.1 Å². The van der Waals surface area contributed by atoms with Gasteiger partial charge in [0.1, 0.15) is 6.04 Å². The number of aromatic nitrogens is 1. The molecule has 1 N–H and O–H groups in total. The lowest BCUT2D eigenvalue weighted by molar-refractivity contribution is -0.148. The van der Waals surface area contributed by atoms with Gasteiger partial charge in [-0.3, -0.25) is 14.6 Å². The smallest absolute Gasteiger partial charge is 0.327 e. The lowest BCUT2D eigenvalue weighted by Crippen LogP contribution is -2.51. The van der Waals surface area contributed by atoms with Crippen LogP contribution in [0.3, 0.4) is 0 Å². The summed E-state index contributed by atoms with van der Waals surface area (Å²) in [7, 11) is 1.40. The molecule has 1 unspecified atom stereocenters. The molecule has 3 rings (SSSR count). The van der Waals surface area contributed by atoms with E-state index >= 15 is 0 Å². The topological polar surface area (TPSA) is 74.8 Å². The SMILES string of the molecule is CCc1nc(NC(=O)CN2CCN(C(C(=O)OC)c3ccc(Cl)cc3)CC2)sc1C. The first-order valence-electron chi connectivity index (χ1n) is 9.97. The molecule has 1 aromatic carbocycles. The van der Waals surface area contributed by atoms with Crippen LogP contribution in [0, 0.1) is 6.92 Å². The van der Waals surface area contributed by atoms with Crippen molar-refractivity contribution >= 4 is 39.9 Å². The van der Waals surface area contributed by atoms with Crippen molar-refractivity contribution < 1.29 is 14.3 Å². The second kappa shape index (κ2) is 10.3. The number of aryl methyl sites for hydroxylation is 2. The maximum absolute atomic E-state index is 12.4. The number of thiazole rings is 1. The molecule has 30 heavy (non-hydrogen) atoms. The first kappa shape index (κ1) is 22.7. The number of halogens is 1. The highest BCUT2D eigenvalue weighted by molar-refractivity contribution is 7.15. The van der Waals surface area contributed by atoms with Crippen molar-refractivity contribution in [1.29, 1.82) is 0 Å². The monoisotopic (exact) mass is 450 g/mol. The Morgan fingerprint density at radius 1 is 1.23 bits per heavy atom. The molecule has 9 heteroatoms. The van der Waals surface area contributed by atoms with Gasteiger partial charge in [0, 0.05) is 36.1 Å². The number of benzene rings is 1. The molecule has 0 spiro atoms. The fourth-order valence-corrected chi connectivity index (χ4v) is 4.65. The average molecular weight is 451 g/mol. The summed E-state index contributed by atoms with van der Waals surface area (Å²) in [5, 5.41) is 4.18. The summed E-state index contributed by atoms with van der Waals surface area (Å²) >= 11 is 7.49. The predicted octanol–water partition coefficient (Wildman–Crippen LogP) is 3.14. The van der Waals surface area contributed by atoms with Gasteiger partial charge in [-0.25, -0.2) is 9.78 Å². The summed E-state index contributed by atoms with van der Waals surface area (Å²) in [5.74, 6) is -0.364. The molecule has 0 bridgehead atoms. The van der Waals surface area contributed by atoms with Gasteiger partial charge in [0.25, 0.3) is 0 Å². The number of carbonyl (C=O) groups is 2. The lowest BCUT2D eigenvalue weighted by Gasteiger charge is -2.37. The van der Waals surface area contributed by atoms with Gasteiger partial charge in [-0.2, -0.15) is 0 Å². The molecule has 1 aliphatic rings. The number of anilines is 1. The summed E-state index contributed by atoms with van der Waals surface area (Å²) in [5.41, 5.74) is 1.88. The molecule has 1 aromatic heterocycles. The van der Waals surface area contributed by atoms with E-state index in [1.165, 1.54) is 18.4 Å². The van der Waals surface area contributed by atoms with Crippen LogP contribution in [0.5, 0.6) is 0 Å². The Kier molecular flexibility index (Phi) is 7.82. The van der Waals surface area contributed by atoms with Gasteiger partial charge in [-0.1, -0.05) is 30.7 Å². The zero-order valence-electron chi connectivity index (χ0n) is 17.5. The molecule has 0 radical (unpaired) electrons. The Labute approximate surface area is 186 Å². The molecule has 2 heterocycles. The van der Waals surface area contributed by atoms with Gasteiger partial charge in [0.05, 0.1) is 19.3 Å². The molecule has 1 amide bonds. The number of piperazine rings is 1. The van der Waals surface area contributed by atoms with E-state index in [-0.39, 0.29) is 11.9 Å². The Hall–Kier alpha value is -2.00. The minimum Gasteiger partial charge on any atom is -0.468 e. The number of methoxy groups -OCH3 is 1. The van der Waals surface area contributed by atoms with E-state index in [0.29, 0.717) is 42.9 Å². The number of amides is 1. The third-order valence-electron chi connectivity index (χ3n) is 5.22. The number of nitrogens with zero attached hydrogens (tertiary/aromatic N) is 3. The third-order valence-corrected chi connectivity index (χ3v) is 6.40. The molecular formula is C21H27ClN4O3S. The van der Waals surface area contributed by atoms with E-state index in [2.05, 4.69) is 27.0 Å². The summed E-state index contributed by atoms with van der Waals surface area (Å²) in [6.45, 7) is 7.07. The van der Waals surface area contributed by atoms with Gasteiger partial charge in [-0.05, 0) is 31.0 Å². The fraction of sp³-hybridized carbons (Fsp3) is 0.476. The van der Waals surface area contributed by atoms with Crippen LogP contribution >= 0.6 is 22.9 Å². The van der Waals surface area contributed by atoms with E-state index in [1.54, 1.807) is 12.1 Å². The zero-order chi connectivity index (χ0) is 21.7. The molecule has 0 saturated carbocycles. The second-order valence-electron chi connectivity index (χ2n) is 7.21. The van der Waals surface area contributed by atoms with Gasteiger partial charge in [0.15, 0.2) is 5.13 Å². The highest BCUT2D eigenvalue weighted by Crippen LogP contribution is 2.25. The second-order valence-corrected chi connectivity index (χ2v) is 8.85. The number of nitrogens with one attached hydrogen (secondary N) is 1. The van der Waals surface area contributed by atoms with Crippen LogP contribution in [-0.2, 0) is 20.7 Å². The molecule has 7 nitrogen and oxygen atoms in total. The lowest BCUT2D eigenvalue weighted by atomic mass is 10.0. The van der Waals surface area contributed by atoms with Gasteiger partial charge >= 0.3 is 5.97 Å². The van der Waals surface area contributed by atoms with Crippen molar-refractivity contribution in [1.82, 2.24) is 14.8 Å². The van der Waals surface area contributed by atoms with E-state index in [1.807, 2.05) is 19.1 Å². The van der Waals surface area contributed by atoms with Crippen molar-refractivity contribution in [2.24, 2.45) is 0 Å². The van der Waals surface area contributed by atoms with Crippen molar-refractivity contribution in [3.8, 4) is 0 Å². The van der Waals surface area contributed by atoms with Crippen LogP contribution < -0.4 is 5.32 Å². The average Bonchev–Trinajstić information content (AvgIpc) is 3.09. The van der Waals surface area contributed by atoms with Gasteiger partial charge in [-0.15, -0.1) is 11.3 Å². The maximum atomic E-state index is 12.4. The maximum Gasteiger partial charge on any atom is 0.327 e. The zero-order valence-corrected chi connectivity index (χ0v) is 19.1. The number of hydrogen-bond donors (Lipinski definition) is 1. The quantitative estimate of drug-likeness (QED) is 0.653. The minimum atomic E-state index is -0.478. The number of rotatable bonds is 7. The highest BCUT2D eigenvalue weighted by Gasteiger charge is 2.31. The van der Waals surface area contributed by atoms with Gasteiger partial charge < -0.3 is 10.1 Å². The fourth-order valence-electron chi connectivity index (χ4n) is 3.60. The predicted molar refractivity (Wildman–Crippen MR) is 119 cm³/mol. The van der Waals surface area contributed by atoms with Crippen LogP contribution in [-0.4, -0.2) is 66.5 Å². The van der Waals surface area contributed by atoms with Crippen molar-refractivity contribution in [2.75, 3.05) is 45.2 Å². The Bertz CT molecular complexity index is 879. The first-order valence-corrected chi connectivity index (χ1v) is 11.2. The molecule has 0 aliphatic carbocycles. The van der Waals surface area contributed by atoms with E-state index < -0.39 is 6.04 Å². The molecule has 2 aromatic rings. The molecule has 1 atom stereocenters. The van der Waals surface area contributed by atoms with Crippen LogP contribution in [0.25, 0.3) is 0 Å². The van der Waals surface area contributed by atoms with Crippen molar-refractivity contribution in [2.45, 2.75) is 26.3 Å². The molecule has 1 saturated heterocycles. The minimum absolute atomic E-state index is 0.0675.